The van der Waals surface area contributed by atoms with Crippen LogP contribution in [0.3, 0.4) is 0 Å². The quantitative estimate of drug-likeness (QED) is 0.580. The van der Waals surface area contributed by atoms with Crippen molar-refractivity contribution in [1.29, 1.82) is 0 Å². The Morgan fingerprint density at radius 1 is 1.61 bits per heavy atom. The molecule has 2 N–H and O–H groups in total. The van der Waals surface area contributed by atoms with E-state index in [4.69, 9.17) is 10.5 Å². The van der Waals surface area contributed by atoms with E-state index in [-0.39, 0.29) is 5.69 Å². The maximum atomic E-state index is 11.3. The topological polar surface area (TPSA) is 79.4 Å². The monoisotopic (exact) mass is 253 g/mol. The molecule has 6 nitrogen and oxygen atoms in total. The molecule has 1 aliphatic carbocycles. The predicted octanol–water partition coefficient (Wildman–Crippen LogP) is 1.07. The smallest absolute Gasteiger partial charge is 0.360 e. The average Bonchev–Trinajstić information content (AvgIpc) is 3.13. The summed E-state index contributed by atoms with van der Waals surface area (Å²) >= 11 is 0. The summed E-state index contributed by atoms with van der Waals surface area (Å²) in [7, 11) is 1.31. The van der Waals surface area contributed by atoms with Gasteiger partial charge in [0.25, 0.3) is 0 Å². The number of imidazole rings is 1. The number of aryl methyl sites for hydroxylation is 1. The van der Waals surface area contributed by atoms with Crippen molar-refractivity contribution >= 4 is 11.8 Å². The molecule has 0 radical (unpaired) electrons. The number of esters is 1. The predicted molar refractivity (Wildman–Crippen MR) is 66.1 cm³/mol. The van der Waals surface area contributed by atoms with Crippen LogP contribution in [0.15, 0.2) is 6.33 Å². The van der Waals surface area contributed by atoms with Crippen LogP contribution in [0.5, 0.6) is 0 Å². The fraction of sp³-hybridized carbons (Fsp3) is 0.667. The van der Waals surface area contributed by atoms with E-state index < -0.39 is 5.97 Å². The zero-order valence-corrected chi connectivity index (χ0v) is 10.6. The summed E-state index contributed by atoms with van der Waals surface area (Å²) in [4.78, 5) is 15.2. The third-order valence-corrected chi connectivity index (χ3v) is 3.00. The van der Waals surface area contributed by atoms with Gasteiger partial charge >= 0.3 is 5.97 Å². The van der Waals surface area contributed by atoms with Crippen LogP contribution in [0, 0.1) is 5.92 Å². The molecule has 1 aliphatic rings. The highest BCUT2D eigenvalue weighted by atomic mass is 16.5. The first-order valence-electron chi connectivity index (χ1n) is 6.19. The molecule has 1 saturated carbocycles. The zero-order valence-electron chi connectivity index (χ0n) is 10.6. The molecule has 6 heteroatoms. The first-order valence-corrected chi connectivity index (χ1v) is 6.19. The number of ether oxygens (including phenoxy) is 2. The molecule has 0 saturated heterocycles. The lowest BCUT2D eigenvalue weighted by Crippen LogP contribution is -2.09. The van der Waals surface area contributed by atoms with Crippen molar-refractivity contribution < 1.29 is 14.3 Å². The second kappa shape index (κ2) is 5.86. The van der Waals surface area contributed by atoms with Crippen LogP contribution in [0.25, 0.3) is 0 Å². The van der Waals surface area contributed by atoms with Crippen molar-refractivity contribution in [3.63, 3.8) is 0 Å². The van der Waals surface area contributed by atoms with E-state index >= 15 is 0 Å². The lowest BCUT2D eigenvalue weighted by atomic mass is 10.4. The number of hydrogen-bond acceptors (Lipinski definition) is 5. The number of aromatic nitrogens is 2. The Balaban J connectivity index is 1.74. The van der Waals surface area contributed by atoms with E-state index in [1.807, 2.05) is 0 Å². The van der Waals surface area contributed by atoms with E-state index in [0.717, 1.165) is 18.9 Å². The molecule has 18 heavy (non-hydrogen) atoms. The molecule has 1 fully saturated rings. The number of methoxy groups -OCH3 is 1. The zero-order chi connectivity index (χ0) is 13.0. The van der Waals surface area contributed by atoms with Gasteiger partial charge in [-0.05, 0) is 25.2 Å². The van der Waals surface area contributed by atoms with Crippen LogP contribution in [0.1, 0.15) is 29.8 Å². The van der Waals surface area contributed by atoms with E-state index in [9.17, 15) is 4.79 Å². The summed E-state index contributed by atoms with van der Waals surface area (Å²) in [6.45, 7) is 2.27. The Morgan fingerprint density at radius 2 is 2.39 bits per heavy atom. The highest BCUT2D eigenvalue weighted by Crippen LogP contribution is 2.28. The Bertz CT molecular complexity index is 413. The summed E-state index contributed by atoms with van der Waals surface area (Å²) < 4.78 is 11.9. The van der Waals surface area contributed by atoms with Gasteiger partial charge in [0.05, 0.1) is 13.4 Å². The van der Waals surface area contributed by atoms with Crippen LogP contribution in [-0.4, -0.2) is 35.8 Å². The van der Waals surface area contributed by atoms with Gasteiger partial charge in [0.15, 0.2) is 5.69 Å². The summed E-state index contributed by atoms with van der Waals surface area (Å²) in [5.41, 5.74) is 5.99. The number of nitrogens with zero attached hydrogens (tertiary/aromatic N) is 2. The molecular weight excluding hydrogens is 234 g/mol. The number of nitrogen functional groups attached to an aromatic ring is 1. The minimum absolute atomic E-state index is 0.177. The molecule has 0 spiro atoms. The summed E-state index contributed by atoms with van der Waals surface area (Å²) in [6.07, 6.45) is 5.02. The SMILES string of the molecule is COC(=O)c1ncn(CCCOCC2CC2)c1N. The maximum absolute atomic E-state index is 11.3. The van der Waals surface area contributed by atoms with E-state index in [1.165, 1.54) is 20.0 Å². The number of carbonyl (C=O) groups excluding carboxylic acids is 1. The van der Waals surface area contributed by atoms with Crippen LogP contribution < -0.4 is 5.73 Å². The molecule has 0 aliphatic heterocycles. The normalized spacial score (nSPS) is 14.7. The van der Waals surface area contributed by atoms with Crippen molar-refractivity contribution in [2.75, 3.05) is 26.1 Å². The molecule has 100 valence electrons. The van der Waals surface area contributed by atoms with E-state index in [1.54, 1.807) is 10.9 Å². The van der Waals surface area contributed by atoms with Gasteiger partial charge in [-0.1, -0.05) is 0 Å². The fourth-order valence-electron chi connectivity index (χ4n) is 1.70. The molecule has 0 atom stereocenters. The molecule has 0 unspecified atom stereocenters. The van der Waals surface area contributed by atoms with Gasteiger partial charge in [-0.25, -0.2) is 9.78 Å². The van der Waals surface area contributed by atoms with Crippen LogP contribution in [0.4, 0.5) is 5.82 Å². The molecule has 0 aromatic carbocycles. The molecule has 2 rings (SSSR count). The summed E-state index contributed by atoms with van der Waals surface area (Å²) in [6, 6.07) is 0. The molecule has 1 heterocycles. The highest BCUT2D eigenvalue weighted by molar-refractivity contribution is 5.91. The maximum Gasteiger partial charge on any atom is 0.360 e. The van der Waals surface area contributed by atoms with Crippen molar-refractivity contribution in [2.24, 2.45) is 5.92 Å². The number of anilines is 1. The molecule has 1 aromatic heterocycles. The van der Waals surface area contributed by atoms with Gasteiger partial charge in [-0.2, -0.15) is 0 Å². The number of hydrogen-bond donors (Lipinski definition) is 1. The largest absolute Gasteiger partial charge is 0.464 e. The van der Waals surface area contributed by atoms with E-state index in [2.05, 4.69) is 9.72 Å². The van der Waals surface area contributed by atoms with Crippen molar-refractivity contribution in [3.8, 4) is 0 Å². The third kappa shape index (κ3) is 3.22. The van der Waals surface area contributed by atoms with Gasteiger partial charge in [-0.3, -0.25) is 0 Å². The van der Waals surface area contributed by atoms with Crippen molar-refractivity contribution in [1.82, 2.24) is 9.55 Å². The van der Waals surface area contributed by atoms with Gasteiger partial charge < -0.3 is 19.8 Å². The Kier molecular flexibility index (Phi) is 4.19. The van der Waals surface area contributed by atoms with E-state index in [0.29, 0.717) is 19.0 Å². The average molecular weight is 253 g/mol. The van der Waals surface area contributed by atoms with Gasteiger partial charge in [-0.15, -0.1) is 0 Å². The summed E-state index contributed by atoms with van der Waals surface area (Å²) in [5.74, 6) is 0.634. The standard InChI is InChI=1S/C12H19N3O3/c1-17-12(16)10-11(13)15(8-14-10)5-2-6-18-7-9-3-4-9/h8-9H,2-7,13H2,1H3. The van der Waals surface area contributed by atoms with Gasteiger partial charge in [0, 0.05) is 19.8 Å². The van der Waals surface area contributed by atoms with Gasteiger partial charge in [0.1, 0.15) is 5.82 Å². The Morgan fingerprint density at radius 3 is 3.06 bits per heavy atom. The first kappa shape index (κ1) is 12.9. The fourth-order valence-corrected chi connectivity index (χ4v) is 1.70. The molecule has 0 amide bonds. The van der Waals surface area contributed by atoms with Crippen LogP contribution in [0.2, 0.25) is 0 Å². The molecule has 0 bridgehead atoms. The van der Waals surface area contributed by atoms with Crippen LogP contribution in [-0.2, 0) is 16.0 Å². The lowest BCUT2D eigenvalue weighted by Gasteiger charge is -2.06. The number of rotatable bonds is 7. The Labute approximate surface area is 106 Å². The minimum atomic E-state index is -0.503. The lowest BCUT2D eigenvalue weighted by molar-refractivity contribution is 0.0596. The third-order valence-electron chi connectivity index (χ3n) is 3.00. The second-order valence-electron chi connectivity index (χ2n) is 4.54. The van der Waals surface area contributed by atoms with Crippen LogP contribution >= 0.6 is 0 Å². The Hall–Kier alpha value is -1.56. The minimum Gasteiger partial charge on any atom is -0.464 e. The molecule has 1 aromatic rings. The molecular formula is C12H19N3O3. The number of carbonyl (C=O) groups is 1. The van der Waals surface area contributed by atoms with Crippen molar-refractivity contribution in [3.05, 3.63) is 12.0 Å². The first-order chi connectivity index (χ1) is 8.72. The van der Waals surface area contributed by atoms with Gasteiger partial charge in [0.2, 0.25) is 0 Å². The second-order valence-corrected chi connectivity index (χ2v) is 4.54. The summed E-state index contributed by atoms with van der Waals surface area (Å²) in [5, 5.41) is 0. The number of nitrogens with two attached hydrogens (primary N) is 1. The van der Waals surface area contributed by atoms with Crippen molar-refractivity contribution in [2.45, 2.75) is 25.8 Å². The highest BCUT2D eigenvalue weighted by Gasteiger charge is 2.21.